The molecule has 1 N–H and O–H groups in total. The Labute approximate surface area is 186 Å². The van der Waals surface area contributed by atoms with Gasteiger partial charge in [-0.25, -0.2) is 9.97 Å². The molecular weight excluding hydrogens is 432 g/mol. The second kappa shape index (κ2) is 8.05. The second-order valence-electron chi connectivity index (χ2n) is 8.60. The minimum absolute atomic E-state index is 0.0335. The predicted molar refractivity (Wildman–Crippen MR) is 115 cm³/mol. The summed E-state index contributed by atoms with van der Waals surface area (Å²) in [6.07, 6.45) is 3.89. The molecule has 170 valence electrons. The van der Waals surface area contributed by atoms with Crippen LogP contribution >= 0.6 is 0 Å². The van der Waals surface area contributed by atoms with E-state index in [0.29, 0.717) is 37.4 Å². The van der Waals surface area contributed by atoms with Crippen molar-refractivity contribution in [3.05, 3.63) is 35.6 Å². The Morgan fingerprint density at radius 1 is 1.25 bits per heavy atom. The smallest absolute Gasteiger partial charge is 0.240 e. The maximum Gasteiger partial charge on any atom is 0.240 e. The number of hydrogen-bond acceptors (Lipinski definition) is 7. The van der Waals surface area contributed by atoms with E-state index in [1.54, 1.807) is 20.0 Å². The molecule has 0 bridgehead atoms. The lowest BCUT2D eigenvalue weighted by molar-refractivity contribution is -0.136. The first-order valence-electron chi connectivity index (χ1n) is 10.9. The van der Waals surface area contributed by atoms with Gasteiger partial charge in [0.25, 0.3) is 0 Å². The van der Waals surface area contributed by atoms with Gasteiger partial charge in [0.2, 0.25) is 10.8 Å². The van der Waals surface area contributed by atoms with E-state index in [1.807, 2.05) is 17.0 Å². The SMILES string of the molecule is Cc1noc(C)c1[S+](=O)([O-])N1CCC(C(=O)N2CCC(c3nc4ncccc4[nH]3)CC2)C1. The molecule has 5 heterocycles. The average Bonchev–Trinajstić information content (AvgIpc) is 3.52. The van der Waals surface area contributed by atoms with Crippen LogP contribution < -0.4 is 0 Å². The van der Waals surface area contributed by atoms with E-state index in [1.165, 1.54) is 4.31 Å². The maximum absolute atomic E-state index is 13.1. The highest BCUT2D eigenvalue weighted by atomic mass is 32.3. The number of piperidine rings is 1. The van der Waals surface area contributed by atoms with Crippen LogP contribution in [0.3, 0.4) is 0 Å². The van der Waals surface area contributed by atoms with Crippen molar-refractivity contribution in [3.8, 4) is 0 Å². The topological polar surface area (TPSA) is 131 Å². The lowest BCUT2D eigenvalue weighted by Crippen LogP contribution is -2.43. The molecule has 2 aliphatic rings. The quantitative estimate of drug-likeness (QED) is 0.593. The van der Waals surface area contributed by atoms with Crippen LogP contribution in [0, 0.1) is 19.8 Å². The van der Waals surface area contributed by atoms with Gasteiger partial charge in [0.05, 0.1) is 18.0 Å². The zero-order valence-electron chi connectivity index (χ0n) is 18.1. The standard InChI is InChI=1S/C21H26N6O4S/c1-13-18(14(2)31-25-13)32(29,30)27-11-7-16(12-27)21(28)26-9-5-15(6-10-26)19-23-17-4-3-8-22-20(17)24-19/h3-4,8,15-16H,5-7,9-12H2,1-2H3,(H-,22,23,24,29,30). The number of aromatic nitrogens is 4. The molecule has 2 fully saturated rings. The third kappa shape index (κ3) is 3.63. The molecule has 2 aliphatic heterocycles. The summed E-state index contributed by atoms with van der Waals surface area (Å²) in [5.74, 6) is 1.17. The van der Waals surface area contributed by atoms with Gasteiger partial charge < -0.3 is 19.0 Å². The van der Waals surface area contributed by atoms with Crippen molar-refractivity contribution in [1.29, 1.82) is 0 Å². The molecule has 2 unspecified atom stereocenters. The molecule has 10 nitrogen and oxygen atoms in total. The number of H-pyrrole nitrogens is 1. The summed E-state index contributed by atoms with van der Waals surface area (Å²) in [6.45, 7) is 5.01. The number of fused-ring (bicyclic) bond motifs is 1. The van der Waals surface area contributed by atoms with Crippen LogP contribution in [-0.4, -0.2) is 66.0 Å². The number of aryl methyl sites for hydroxylation is 2. The summed E-state index contributed by atoms with van der Waals surface area (Å²) in [5, 5.41) is 3.76. The van der Waals surface area contributed by atoms with Crippen LogP contribution in [0.2, 0.25) is 0 Å². The molecule has 0 radical (unpaired) electrons. The lowest BCUT2D eigenvalue weighted by Gasteiger charge is -2.33. The summed E-state index contributed by atoms with van der Waals surface area (Å²) in [4.78, 5) is 27.3. The highest BCUT2D eigenvalue weighted by Gasteiger charge is 2.44. The van der Waals surface area contributed by atoms with E-state index in [9.17, 15) is 13.6 Å². The summed E-state index contributed by atoms with van der Waals surface area (Å²) in [7, 11) is -3.72. The van der Waals surface area contributed by atoms with Crippen molar-refractivity contribution in [2.45, 2.75) is 43.9 Å². The Kier molecular flexibility index (Phi) is 5.34. The van der Waals surface area contributed by atoms with Crippen molar-refractivity contribution >= 4 is 27.5 Å². The summed E-state index contributed by atoms with van der Waals surface area (Å²) >= 11 is 0. The van der Waals surface area contributed by atoms with Crippen LogP contribution in [0.15, 0.2) is 27.7 Å². The van der Waals surface area contributed by atoms with Crippen molar-refractivity contribution in [3.63, 3.8) is 0 Å². The average molecular weight is 459 g/mol. The van der Waals surface area contributed by atoms with Gasteiger partial charge in [0, 0.05) is 38.7 Å². The third-order valence-electron chi connectivity index (χ3n) is 6.54. The number of hydrogen-bond donors (Lipinski definition) is 1. The largest absolute Gasteiger partial charge is 0.593 e. The Morgan fingerprint density at radius 3 is 2.72 bits per heavy atom. The fourth-order valence-corrected chi connectivity index (χ4v) is 6.60. The Morgan fingerprint density at radius 2 is 2.03 bits per heavy atom. The molecule has 3 aromatic rings. The molecule has 1 amide bonds. The molecule has 0 aliphatic carbocycles. The minimum Gasteiger partial charge on any atom is -0.593 e. The summed E-state index contributed by atoms with van der Waals surface area (Å²) in [6, 6.07) is 3.84. The number of carbonyl (C=O) groups is 1. The number of carbonyl (C=O) groups excluding carboxylic acids is 1. The van der Waals surface area contributed by atoms with Gasteiger partial charge in [-0.2, -0.15) is 0 Å². The summed E-state index contributed by atoms with van der Waals surface area (Å²) in [5.41, 5.74) is 1.98. The highest BCUT2D eigenvalue weighted by Crippen LogP contribution is 2.34. The molecule has 11 heteroatoms. The lowest BCUT2D eigenvalue weighted by atomic mass is 9.95. The monoisotopic (exact) mass is 458 g/mol. The van der Waals surface area contributed by atoms with Gasteiger partial charge in [0.1, 0.15) is 11.5 Å². The van der Waals surface area contributed by atoms with Crippen LogP contribution in [0.1, 0.15) is 42.5 Å². The van der Waals surface area contributed by atoms with Crippen LogP contribution in [0.25, 0.3) is 11.2 Å². The van der Waals surface area contributed by atoms with E-state index in [0.717, 1.165) is 24.2 Å². The number of amides is 1. The van der Waals surface area contributed by atoms with Crippen LogP contribution in [0.4, 0.5) is 0 Å². The fourth-order valence-electron chi connectivity index (χ4n) is 4.81. The van der Waals surface area contributed by atoms with Gasteiger partial charge in [-0.3, -0.25) is 4.79 Å². The van der Waals surface area contributed by atoms with Crippen molar-refractivity contribution < 1.29 is 18.1 Å². The molecule has 2 saturated heterocycles. The molecule has 32 heavy (non-hydrogen) atoms. The third-order valence-corrected chi connectivity index (χ3v) is 8.65. The molecule has 0 saturated carbocycles. The molecule has 2 atom stereocenters. The van der Waals surface area contributed by atoms with Gasteiger partial charge in [-0.15, -0.1) is 4.31 Å². The van der Waals surface area contributed by atoms with Crippen molar-refractivity contribution in [2.75, 3.05) is 26.2 Å². The Hall–Kier alpha value is -2.63. The van der Waals surface area contributed by atoms with Gasteiger partial charge in [0.15, 0.2) is 21.8 Å². The predicted octanol–water partition coefficient (Wildman–Crippen LogP) is 2.19. The molecule has 0 aromatic carbocycles. The summed E-state index contributed by atoms with van der Waals surface area (Å²) < 4.78 is 32.5. The van der Waals surface area contributed by atoms with E-state index < -0.39 is 10.4 Å². The Balaban J connectivity index is 1.21. The van der Waals surface area contributed by atoms with E-state index in [-0.39, 0.29) is 34.9 Å². The second-order valence-corrected chi connectivity index (χ2v) is 10.5. The van der Waals surface area contributed by atoms with Crippen molar-refractivity contribution in [2.24, 2.45) is 5.92 Å². The first kappa shape index (κ1) is 21.2. The normalized spacial score (nSPS) is 22.5. The number of pyridine rings is 1. The molecule has 3 aromatic heterocycles. The Bertz CT molecular complexity index is 1150. The number of sulfonamides is 1. The highest BCUT2D eigenvalue weighted by molar-refractivity contribution is 7.95. The van der Waals surface area contributed by atoms with E-state index in [4.69, 9.17) is 4.52 Å². The molecule has 5 rings (SSSR count). The van der Waals surface area contributed by atoms with E-state index >= 15 is 0 Å². The molecule has 0 spiro atoms. The molecular formula is C21H26N6O4S. The van der Waals surface area contributed by atoms with Crippen LogP contribution in [0.5, 0.6) is 0 Å². The zero-order valence-corrected chi connectivity index (χ0v) is 18.9. The number of nitrogens with zero attached hydrogens (tertiary/aromatic N) is 5. The maximum atomic E-state index is 13.1. The zero-order chi connectivity index (χ0) is 22.5. The number of rotatable bonds is 4. The van der Waals surface area contributed by atoms with Gasteiger partial charge in [-0.1, -0.05) is 9.37 Å². The number of likely N-dealkylation sites (tertiary alicyclic amines) is 1. The first-order chi connectivity index (χ1) is 15.3. The van der Waals surface area contributed by atoms with Gasteiger partial charge >= 0.3 is 0 Å². The number of nitrogens with one attached hydrogen (secondary N) is 1. The van der Waals surface area contributed by atoms with Crippen LogP contribution in [-0.2, 0) is 19.4 Å². The number of imidazole rings is 1. The minimum atomic E-state index is -3.72. The van der Waals surface area contributed by atoms with Crippen molar-refractivity contribution in [1.82, 2.24) is 29.3 Å². The van der Waals surface area contributed by atoms with Gasteiger partial charge in [-0.05, 0) is 38.3 Å². The fraction of sp³-hybridized carbons (Fsp3) is 0.524. The van der Waals surface area contributed by atoms with E-state index in [2.05, 4.69) is 20.1 Å². The first-order valence-corrected chi connectivity index (χ1v) is 12.3. The number of aromatic amines is 1.